The van der Waals surface area contributed by atoms with E-state index in [0.717, 1.165) is 73.6 Å². The highest BCUT2D eigenvalue weighted by Crippen LogP contribution is 2.33. The van der Waals surface area contributed by atoms with Crippen LogP contribution in [0.25, 0.3) is 43.9 Å². The first kappa shape index (κ1) is 20.2. The van der Waals surface area contributed by atoms with Crippen LogP contribution in [0, 0.1) is 0 Å². The van der Waals surface area contributed by atoms with Gasteiger partial charge in [-0.25, -0.2) is 9.98 Å². The predicted molar refractivity (Wildman–Crippen MR) is 144 cm³/mol. The summed E-state index contributed by atoms with van der Waals surface area (Å²) in [7, 11) is 0. The quantitative estimate of drug-likeness (QED) is 0.236. The van der Waals surface area contributed by atoms with Gasteiger partial charge in [-0.05, 0) is 54.8 Å². The molecular weight excluding hydrogens is 456 g/mol. The maximum atomic E-state index is 6.44. The lowest BCUT2D eigenvalue weighted by molar-refractivity contribution is 0.668. The van der Waals surface area contributed by atoms with E-state index in [-0.39, 0.29) is 0 Å². The number of fused-ring (bicyclic) bond motifs is 6. The second-order valence-electron chi connectivity index (χ2n) is 8.65. The molecular formula is C30H19ClN2O2. The van der Waals surface area contributed by atoms with Gasteiger partial charge in [-0.3, -0.25) is 0 Å². The minimum atomic E-state index is 0.434. The van der Waals surface area contributed by atoms with Crippen LogP contribution in [0.1, 0.15) is 24.0 Å². The van der Waals surface area contributed by atoms with Crippen LogP contribution in [-0.4, -0.2) is 11.5 Å². The summed E-state index contributed by atoms with van der Waals surface area (Å²) in [5, 5.41) is 4.74. The smallest absolute Gasteiger partial charge is 0.164 e. The molecule has 5 heteroatoms. The van der Waals surface area contributed by atoms with E-state index in [4.69, 9.17) is 25.4 Å². The van der Waals surface area contributed by atoms with Gasteiger partial charge in [0.25, 0.3) is 0 Å². The molecule has 0 fully saturated rings. The van der Waals surface area contributed by atoms with Gasteiger partial charge in [0.1, 0.15) is 27.5 Å². The van der Waals surface area contributed by atoms with E-state index in [1.165, 1.54) is 0 Å². The fourth-order valence-electron chi connectivity index (χ4n) is 4.84. The number of amidine groups is 1. The molecule has 0 saturated heterocycles. The Kier molecular flexibility index (Phi) is 4.61. The Morgan fingerprint density at radius 1 is 0.657 bits per heavy atom. The van der Waals surface area contributed by atoms with Crippen molar-refractivity contribution in [1.29, 1.82) is 0 Å². The predicted octanol–water partition coefficient (Wildman–Crippen LogP) is 8.60. The molecule has 0 bridgehead atoms. The monoisotopic (exact) mass is 474 g/mol. The van der Waals surface area contributed by atoms with Gasteiger partial charge in [-0.2, -0.15) is 0 Å². The van der Waals surface area contributed by atoms with Crippen molar-refractivity contribution < 1.29 is 8.83 Å². The normalized spacial score (nSPS) is 14.7. The van der Waals surface area contributed by atoms with Crippen LogP contribution in [0.3, 0.4) is 0 Å². The van der Waals surface area contributed by atoms with Crippen LogP contribution in [0.5, 0.6) is 0 Å². The van der Waals surface area contributed by atoms with E-state index >= 15 is 0 Å². The third kappa shape index (κ3) is 3.37. The topological polar surface area (TPSA) is 51.0 Å². The standard InChI is InChI=1S/C30H19ClN2O2/c31-28-14-6-11-24(18-15-16-21-19-7-1-3-12-25(19)34-27(21)17-18)32-30(33-28)23-10-5-9-22-20-8-2-4-13-26(20)35-29(22)23/h1-5,7-10,12-17H,6,11H2. The Bertz CT molecular complexity index is 1870. The Morgan fingerprint density at radius 3 is 2.23 bits per heavy atom. The van der Waals surface area contributed by atoms with Gasteiger partial charge in [-0.1, -0.05) is 66.2 Å². The van der Waals surface area contributed by atoms with Crippen LogP contribution in [0.15, 0.2) is 115 Å². The zero-order valence-electron chi connectivity index (χ0n) is 18.7. The highest BCUT2D eigenvalue weighted by atomic mass is 35.5. The Balaban J connectivity index is 1.41. The van der Waals surface area contributed by atoms with Crippen molar-refractivity contribution >= 4 is 67.0 Å². The molecule has 0 N–H and O–H groups in total. The van der Waals surface area contributed by atoms with Gasteiger partial charge in [-0.15, -0.1) is 0 Å². The molecule has 3 heterocycles. The van der Waals surface area contributed by atoms with Gasteiger partial charge >= 0.3 is 0 Å². The molecule has 0 spiro atoms. The Labute approximate surface area is 205 Å². The van der Waals surface area contributed by atoms with Gasteiger partial charge in [0.15, 0.2) is 5.84 Å². The fourth-order valence-corrected chi connectivity index (χ4v) is 5.03. The number of halogens is 1. The average Bonchev–Trinajstić information content (AvgIpc) is 3.44. The van der Waals surface area contributed by atoms with Crippen LogP contribution in [0.2, 0.25) is 0 Å². The lowest BCUT2D eigenvalue weighted by Crippen LogP contribution is -2.09. The van der Waals surface area contributed by atoms with Crippen LogP contribution < -0.4 is 0 Å². The van der Waals surface area contributed by atoms with Gasteiger partial charge in [0.05, 0.1) is 11.3 Å². The zero-order chi connectivity index (χ0) is 23.4. The molecule has 2 aromatic heterocycles. The maximum Gasteiger partial charge on any atom is 0.164 e. The van der Waals surface area contributed by atoms with Crippen molar-refractivity contribution in [2.45, 2.75) is 12.8 Å². The van der Waals surface area contributed by atoms with Gasteiger partial charge < -0.3 is 8.83 Å². The zero-order valence-corrected chi connectivity index (χ0v) is 19.4. The minimum Gasteiger partial charge on any atom is -0.456 e. The first-order chi connectivity index (χ1) is 17.2. The molecule has 1 aliphatic heterocycles. The number of para-hydroxylation sites is 3. The number of hydrogen-bond acceptors (Lipinski definition) is 4. The van der Waals surface area contributed by atoms with E-state index in [1.54, 1.807) is 0 Å². The summed E-state index contributed by atoms with van der Waals surface area (Å²) >= 11 is 6.44. The number of aliphatic imine (C=N–C) groups is 2. The largest absolute Gasteiger partial charge is 0.456 e. The molecule has 0 atom stereocenters. The van der Waals surface area contributed by atoms with Crippen molar-refractivity contribution in [1.82, 2.24) is 0 Å². The SMILES string of the molecule is ClC1=CCCC(c2ccc3c(c2)oc2ccccc23)=NC(c2cccc3c2oc2ccccc23)=N1. The lowest BCUT2D eigenvalue weighted by Gasteiger charge is -2.11. The number of allylic oxidation sites excluding steroid dienone is 1. The number of benzene rings is 4. The molecule has 0 aliphatic carbocycles. The van der Waals surface area contributed by atoms with Gasteiger partial charge in [0, 0.05) is 21.5 Å². The first-order valence-corrected chi connectivity index (χ1v) is 12.0. The second kappa shape index (κ2) is 7.97. The number of rotatable bonds is 2. The minimum absolute atomic E-state index is 0.434. The third-order valence-electron chi connectivity index (χ3n) is 6.50. The lowest BCUT2D eigenvalue weighted by atomic mass is 10.0. The summed E-state index contributed by atoms with van der Waals surface area (Å²) in [4.78, 5) is 9.72. The van der Waals surface area contributed by atoms with Gasteiger partial charge in [0.2, 0.25) is 0 Å². The molecule has 6 aromatic rings. The average molecular weight is 475 g/mol. The highest BCUT2D eigenvalue weighted by molar-refractivity contribution is 6.31. The summed E-state index contributed by atoms with van der Waals surface area (Å²) in [6.07, 6.45) is 3.42. The van der Waals surface area contributed by atoms with Crippen LogP contribution >= 0.6 is 11.6 Å². The summed E-state index contributed by atoms with van der Waals surface area (Å²) in [5.74, 6) is 0.537. The molecule has 4 nitrogen and oxygen atoms in total. The second-order valence-corrected chi connectivity index (χ2v) is 9.04. The number of hydrogen-bond donors (Lipinski definition) is 0. The number of furan rings is 2. The highest BCUT2D eigenvalue weighted by Gasteiger charge is 2.18. The molecule has 1 aliphatic rings. The molecule has 0 amide bonds. The molecule has 35 heavy (non-hydrogen) atoms. The molecule has 0 unspecified atom stereocenters. The molecule has 0 saturated carbocycles. The molecule has 7 rings (SSSR count). The number of nitrogens with zero attached hydrogens (tertiary/aromatic N) is 2. The fraction of sp³-hybridized carbons (Fsp3) is 0.0667. The maximum absolute atomic E-state index is 6.44. The van der Waals surface area contributed by atoms with E-state index in [2.05, 4.69) is 41.4 Å². The van der Waals surface area contributed by atoms with Crippen molar-refractivity contribution in [2.75, 3.05) is 0 Å². The third-order valence-corrected chi connectivity index (χ3v) is 6.74. The summed E-state index contributed by atoms with van der Waals surface area (Å²) in [6.45, 7) is 0. The van der Waals surface area contributed by atoms with Crippen molar-refractivity contribution in [3.63, 3.8) is 0 Å². The van der Waals surface area contributed by atoms with E-state index in [0.29, 0.717) is 11.0 Å². The first-order valence-electron chi connectivity index (χ1n) is 11.6. The van der Waals surface area contributed by atoms with Crippen molar-refractivity contribution in [2.24, 2.45) is 9.98 Å². The Morgan fingerprint density at radius 2 is 1.37 bits per heavy atom. The van der Waals surface area contributed by atoms with Crippen molar-refractivity contribution in [3.8, 4) is 0 Å². The van der Waals surface area contributed by atoms with Crippen molar-refractivity contribution in [3.05, 3.63) is 107 Å². The molecule has 168 valence electrons. The molecule has 0 radical (unpaired) electrons. The van der Waals surface area contributed by atoms with E-state index < -0.39 is 0 Å². The summed E-state index contributed by atoms with van der Waals surface area (Å²) in [5.41, 5.74) is 6.07. The van der Waals surface area contributed by atoms with E-state index in [1.807, 2.05) is 54.6 Å². The molecule has 4 aromatic carbocycles. The Hall–Kier alpha value is -4.15. The summed E-state index contributed by atoms with van der Waals surface area (Å²) < 4.78 is 12.4. The van der Waals surface area contributed by atoms with Crippen LogP contribution in [-0.2, 0) is 0 Å². The summed E-state index contributed by atoms with van der Waals surface area (Å²) in [6, 6.07) is 28.5. The van der Waals surface area contributed by atoms with E-state index in [9.17, 15) is 0 Å². The van der Waals surface area contributed by atoms with Crippen LogP contribution in [0.4, 0.5) is 0 Å².